The van der Waals surface area contributed by atoms with Gasteiger partial charge < -0.3 is 5.11 Å². The zero-order valence-corrected chi connectivity index (χ0v) is 9.56. The van der Waals surface area contributed by atoms with Crippen molar-refractivity contribution in [2.24, 2.45) is 0 Å². The van der Waals surface area contributed by atoms with Gasteiger partial charge in [0.05, 0.1) is 6.10 Å². The molecule has 1 aromatic carbocycles. The zero-order chi connectivity index (χ0) is 11.3. The van der Waals surface area contributed by atoms with Crippen molar-refractivity contribution in [1.29, 1.82) is 0 Å². The average molecular weight is 198 g/mol. The lowest BCUT2D eigenvalue weighted by Crippen LogP contribution is -1.96. The Balaban J connectivity index is 0.000000791. The third kappa shape index (κ3) is 3.11. The Hall–Kier alpha value is -0.890. The van der Waals surface area contributed by atoms with Gasteiger partial charge in [-0.2, -0.15) is 0 Å². The molecule has 0 aliphatic rings. The lowest BCUT2D eigenvalue weighted by atomic mass is 10.0. The fourth-order valence-electron chi connectivity index (χ4n) is 1.08. The van der Waals surface area contributed by atoms with Crippen LogP contribution in [-0.4, -0.2) is 5.11 Å². The monoisotopic (exact) mass is 198 g/mol. The summed E-state index contributed by atoms with van der Waals surface area (Å²) in [4.78, 5) is 0. The average Bonchev–Trinajstić information content (AvgIpc) is 2.16. The fourth-order valence-corrected chi connectivity index (χ4v) is 1.08. The molecule has 0 spiro atoms. The molecule has 0 saturated carbocycles. The van der Waals surface area contributed by atoms with Crippen LogP contribution >= 0.6 is 0 Å². The number of aryl methyl sites for hydroxylation is 1. The van der Waals surface area contributed by atoms with Gasteiger partial charge in [-0.1, -0.05) is 19.9 Å². The standard InChI is InChI=1S/C10H13FO.C2H6/c1-6-4-9(8(3)12)5-10(11)7(6)2;1-2/h4-5,8,12H,1-3H3;1-2H3. The van der Waals surface area contributed by atoms with Crippen molar-refractivity contribution >= 4 is 0 Å². The van der Waals surface area contributed by atoms with Gasteiger partial charge in [-0.25, -0.2) is 4.39 Å². The molecule has 0 heterocycles. The highest BCUT2D eigenvalue weighted by molar-refractivity contribution is 5.32. The Morgan fingerprint density at radius 2 is 1.71 bits per heavy atom. The van der Waals surface area contributed by atoms with Gasteiger partial charge in [0.15, 0.2) is 0 Å². The van der Waals surface area contributed by atoms with Crippen molar-refractivity contribution in [1.82, 2.24) is 0 Å². The first-order chi connectivity index (χ1) is 6.52. The van der Waals surface area contributed by atoms with E-state index in [1.165, 1.54) is 6.07 Å². The van der Waals surface area contributed by atoms with Crippen molar-refractivity contribution in [2.75, 3.05) is 0 Å². The van der Waals surface area contributed by atoms with Crippen LogP contribution < -0.4 is 0 Å². The molecule has 0 aromatic heterocycles. The Kier molecular flexibility index (Phi) is 5.39. The molecule has 0 aliphatic carbocycles. The second-order valence-corrected chi connectivity index (χ2v) is 3.12. The van der Waals surface area contributed by atoms with Crippen LogP contribution in [0.3, 0.4) is 0 Å². The van der Waals surface area contributed by atoms with Crippen molar-refractivity contribution in [2.45, 2.75) is 40.7 Å². The van der Waals surface area contributed by atoms with Crippen LogP contribution in [0.25, 0.3) is 0 Å². The minimum Gasteiger partial charge on any atom is -0.389 e. The number of rotatable bonds is 1. The highest BCUT2D eigenvalue weighted by Gasteiger charge is 2.06. The molecule has 1 unspecified atom stereocenters. The smallest absolute Gasteiger partial charge is 0.126 e. The number of benzene rings is 1. The summed E-state index contributed by atoms with van der Waals surface area (Å²) >= 11 is 0. The summed E-state index contributed by atoms with van der Waals surface area (Å²) in [6.07, 6.45) is -0.598. The van der Waals surface area contributed by atoms with E-state index in [-0.39, 0.29) is 5.82 Å². The van der Waals surface area contributed by atoms with Gasteiger partial charge in [0.2, 0.25) is 0 Å². The van der Waals surface area contributed by atoms with Gasteiger partial charge >= 0.3 is 0 Å². The second kappa shape index (κ2) is 5.76. The molecule has 2 heteroatoms. The Bertz CT molecular complexity index is 269. The van der Waals surface area contributed by atoms with Crippen LogP contribution in [0.5, 0.6) is 0 Å². The summed E-state index contributed by atoms with van der Waals surface area (Å²) in [6.45, 7) is 9.20. The topological polar surface area (TPSA) is 20.2 Å². The van der Waals surface area contributed by atoms with Crippen molar-refractivity contribution in [3.63, 3.8) is 0 Å². The highest BCUT2D eigenvalue weighted by atomic mass is 19.1. The highest BCUT2D eigenvalue weighted by Crippen LogP contribution is 2.19. The van der Waals surface area contributed by atoms with E-state index in [4.69, 9.17) is 0 Å². The maximum absolute atomic E-state index is 13.1. The number of aliphatic hydroxyl groups is 1. The third-order valence-electron chi connectivity index (χ3n) is 2.11. The van der Waals surface area contributed by atoms with Gasteiger partial charge in [-0.05, 0) is 43.5 Å². The Morgan fingerprint density at radius 1 is 1.21 bits per heavy atom. The molecule has 0 bridgehead atoms. The normalized spacial score (nSPS) is 11.6. The van der Waals surface area contributed by atoms with Crippen molar-refractivity contribution < 1.29 is 9.50 Å². The SMILES string of the molecule is CC.Cc1cc(C(C)O)cc(F)c1C. The molecular formula is C12H19FO. The number of halogens is 1. The molecule has 0 aliphatic heterocycles. The maximum atomic E-state index is 13.1. The van der Waals surface area contributed by atoms with E-state index in [0.29, 0.717) is 11.1 Å². The van der Waals surface area contributed by atoms with E-state index < -0.39 is 6.10 Å². The number of hydrogen-bond acceptors (Lipinski definition) is 1. The summed E-state index contributed by atoms with van der Waals surface area (Å²) < 4.78 is 13.1. The minimum absolute atomic E-state index is 0.245. The molecular weight excluding hydrogens is 179 g/mol. The minimum atomic E-state index is -0.598. The first-order valence-corrected chi connectivity index (χ1v) is 4.97. The summed E-state index contributed by atoms with van der Waals surface area (Å²) in [5, 5.41) is 9.20. The first-order valence-electron chi connectivity index (χ1n) is 4.97. The molecule has 80 valence electrons. The van der Waals surface area contributed by atoms with Gasteiger partial charge in [0, 0.05) is 0 Å². The van der Waals surface area contributed by atoms with E-state index in [1.54, 1.807) is 13.8 Å². The van der Waals surface area contributed by atoms with Gasteiger partial charge in [0.25, 0.3) is 0 Å². The van der Waals surface area contributed by atoms with Gasteiger partial charge in [-0.3, -0.25) is 0 Å². The van der Waals surface area contributed by atoms with Crippen LogP contribution in [0.1, 0.15) is 43.6 Å². The quantitative estimate of drug-likeness (QED) is 0.732. The summed E-state index contributed by atoms with van der Waals surface area (Å²) in [5.74, 6) is -0.245. The molecule has 14 heavy (non-hydrogen) atoms. The lowest BCUT2D eigenvalue weighted by molar-refractivity contribution is 0.198. The van der Waals surface area contributed by atoms with Crippen LogP contribution in [-0.2, 0) is 0 Å². The fraction of sp³-hybridized carbons (Fsp3) is 0.500. The van der Waals surface area contributed by atoms with Gasteiger partial charge in [0.1, 0.15) is 5.82 Å². The first kappa shape index (κ1) is 13.1. The maximum Gasteiger partial charge on any atom is 0.126 e. The molecule has 1 rings (SSSR count). The third-order valence-corrected chi connectivity index (χ3v) is 2.11. The Morgan fingerprint density at radius 3 is 2.07 bits per heavy atom. The zero-order valence-electron chi connectivity index (χ0n) is 9.56. The number of aliphatic hydroxyl groups excluding tert-OH is 1. The summed E-state index contributed by atoms with van der Waals surface area (Å²) in [7, 11) is 0. The predicted molar refractivity (Wildman–Crippen MR) is 57.9 cm³/mol. The molecule has 0 radical (unpaired) electrons. The molecule has 1 aromatic rings. The van der Waals surface area contributed by atoms with E-state index >= 15 is 0 Å². The van der Waals surface area contributed by atoms with E-state index in [2.05, 4.69) is 0 Å². The van der Waals surface area contributed by atoms with Crippen LogP contribution in [0.4, 0.5) is 4.39 Å². The van der Waals surface area contributed by atoms with E-state index in [0.717, 1.165) is 5.56 Å². The van der Waals surface area contributed by atoms with Gasteiger partial charge in [-0.15, -0.1) is 0 Å². The Labute approximate surface area is 85.6 Å². The summed E-state index contributed by atoms with van der Waals surface area (Å²) in [6, 6.07) is 3.19. The largest absolute Gasteiger partial charge is 0.389 e. The van der Waals surface area contributed by atoms with E-state index in [9.17, 15) is 9.50 Å². The number of hydrogen-bond donors (Lipinski definition) is 1. The van der Waals surface area contributed by atoms with Crippen LogP contribution in [0, 0.1) is 19.7 Å². The molecule has 1 atom stereocenters. The second-order valence-electron chi connectivity index (χ2n) is 3.12. The molecule has 0 amide bonds. The molecule has 0 saturated heterocycles. The van der Waals surface area contributed by atoms with E-state index in [1.807, 2.05) is 26.8 Å². The lowest BCUT2D eigenvalue weighted by Gasteiger charge is -2.08. The predicted octanol–water partition coefficient (Wildman–Crippen LogP) is 3.52. The van der Waals surface area contributed by atoms with Crippen LogP contribution in [0.15, 0.2) is 12.1 Å². The molecule has 1 nitrogen and oxygen atoms in total. The molecule has 0 fully saturated rings. The molecule has 1 N–H and O–H groups in total. The summed E-state index contributed by atoms with van der Waals surface area (Å²) in [5.41, 5.74) is 2.17. The van der Waals surface area contributed by atoms with Crippen LogP contribution in [0.2, 0.25) is 0 Å². The van der Waals surface area contributed by atoms with Crippen molar-refractivity contribution in [3.05, 3.63) is 34.6 Å². The van der Waals surface area contributed by atoms with Crippen molar-refractivity contribution in [3.8, 4) is 0 Å².